The molecule has 3 heterocycles. The molecule has 1 aromatic rings. The van der Waals surface area contributed by atoms with E-state index in [1.165, 1.54) is 6.33 Å². The Hall–Kier alpha value is -1.41. The van der Waals surface area contributed by atoms with Crippen molar-refractivity contribution in [3.8, 4) is 0 Å². The van der Waals surface area contributed by atoms with Gasteiger partial charge in [-0.15, -0.1) is 0 Å². The molecule has 4 rings (SSSR count). The van der Waals surface area contributed by atoms with Crippen LogP contribution in [0.15, 0.2) is 17.6 Å². The van der Waals surface area contributed by atoms with Gasteiger partial charge in [0, 0.05) is 50.3 Å². The molecule has 3 aliphatic rings. The van der Waals surface area contributed by atoms with Crippen molar-refractivity contribution in [1.82, 2.24) is 18.8 Å². The highest BCUT2D eigenvalue weighted by atomic mass is 32.2. The van der Waals surface area contributed by atoms with E-state index in [0.717, 1.165) is 25.7 Å². The van der Waals surface area contributed by atoms with Crippen molar-refractivity contribution in [1.29, 1.82) is 0 Å². The van der Waals surface area contributed by atoms with Crippen molar-refractivity contribution in [2.75, 3.05) is 6.54 Å². The van der Waals surface area contributed by atoms with Gasteiger partial charge in [0.2, 0.25) is 5.91 Å². The third-order valence-electron chi connectivity index (χ3n) is 6.23. The molecule has 2 bridgehead atoms. The summed E-state index contributed by atoms with van der Waals surface area (Å²) < 4.78 is 29.9. The molecule has 2 aliphatic heterocycles. The zero-order valence-corrected chi connectivity index (χ0v) is 15.2. The number of hydrogen-bond acceptors (Lipinski definition) is 4. The molecule has 1 aliphatic carbocycles. The van der Waals surface area contributed by atoms with Crippen molar-refractivity contribution in [2.24, 2.45) is 12.5 Å². The molecule has 4 atom stereocenters. The zero-order valence-electron chi connectivity index (χ0n) is 14.3. The van der Waals surface area contributed by atoms with E-state index in [-0.39, 0.29) is 34.5 Å². The molecule has 1 aromatic heterocycles. The number of likely N-dealkylation sites (tertiary alicyclic amines) is 1. The lowest BCUT2D eigenvalue weighted by Crippen LogP contribution is -2.57. The smallest absolute Gasteiger partial charge is 0.262 e. The SMILES string of the molecule is CC(=O)N1C[C@@H]2C[C@@]3(C)[C@H](CCC[C@@H]13)N2S(=O)(=O)c1cn(C)cn1. The van der Waals surface area contributed by atoms with Gasteiger partial charge in [-0.25, -0.2) is 13.4 Å². The molecule has 0 unspecified atom stereocenters. The fraction of sp³-hybridized carbons (Fsp3) is 0.750. The van der Waals surface area contributed by atoms with Gasteiger partial charge in [-0.2, -0.15) is 4.31 Å². The Morgan fingerprint density at radius 1 is 1.33 bits per heavy atom. The second kappa shape index (κ2) is 5.05. The first kappa shape index (κ1) is 16.1. The molecule has 0 spiro atoms. The van der Waals surface area contributed by atoms with E-state index in [4.69, 9.17) is 0 Å². The summed E-state index contributed by atoms with van der Waals surface area (Å²) in [5.74, 6) is 0.0497. The van der Waals surface area contributed by atoms with Crippen LogP contribution in [-0.2, 0) is 21.9 Å². The maximum Gasteiger partial charge on any atom is 0.262 e. The van der Waals surface area contributed by atoms with Crippen molar-refractivity contribution in [3.05, 3.63) is 12.5 Å². The monoisotopic (exact) mass is 352 g/mol. The predicted molar refractivity (Wildman–Crippen MR) is 87.6 cm³/mol. The molecule has 0 radical (unpaired) electrons. The van der Waals surface area contributed by atoms with Crippen LogP contribution in [0.2, 0.25) is 0 Å². The second-order valence-corrected chi connectivity index (χ2v) is 9.50. The van der Waals surface area contributed by atoms with Crippen LogP contribution < -0.4 is 0 Å². The van der Waals surface area contributed by atoms with Crippen LogP contribution in [0.5, 0.6) is 0 Å². The number of hydrogen-bond donors (Lipinski definition) is 0. The third-order valence-corrected chi connectivity index (χ3v) is 8.08. The van der Waals surface area contributed by atoms with E-state index in [0.29, 0.717) is 6.54 Å². The first-order valence-electron chi connectivity index (χ1n) is 8.54. The van der Waals surface area contributed by atoms with Crippen molar-refractivity contribution in [2.45, 2.75) is 62.7 Å². The average molecular weight is 352 g/mol. The largest absolute Gasteiger partial charge is 0.339 e. The molecule has 24 heavy (non-hydrogen) atoms. The first-order valence-corrected chi connectivity index (χ1v) is 9.98. The van der Waals surface area contributed by atoms with Gasteiger partial charge in [0.15, 0.2) is 5.03 Å². The van der Waals surface area contributed by atoms with Gasteiger partial charge in [-0.05, 0) is 25.7 Å². The molecule has 2 saturated heterocycles. The molecule has 1 amide bonds. The molecule has 1 saturated carbocycles. The minimum Gasteiger partial charge on any atom is -0.339 e. The topological polar surface area (TPSA) is 75.5 Å². The molecular weight excluding hydrogens is 328 g/mol. The van der Waals surface area contributed by atoms with E-state index < -0.39 is 10.0 Å². The normalized spacial score (nSPS) is 36.1. The van der Waals surface area contributed by atoms with Crippen LogP contribution in [0.25, 0.3) is 0 Å². The van der Waals surface area contributed by atoms with Crippen LogP contribution in [0.1, 0.15) is 39.5 Å². The van der Waals surface area contributed by atoms with Gasteiger partial charge in [-0.3, -0.25) is 4.79 Å². The Kier molecular flexibility index (Phi) is 3.38. The van der Waals surface area contributed by atoms with Crippen LogP contribution in [0.3, 0.4) is 0 Å². The molecule has 3 fully saturated rings. The number of rotatable bonds is 2. The number of aromatic nitrogens is 2. The van der Waals surface area contributed by atoms with E-state index in [1.807, 2.05) is 4.90 Å². The maximum atomic E-state index is 13.3. The van der Waals surface area contributed by atoms with Gasteiger partial charge in [0.25, 0.3) is 10.0 Å². The Balaban J connectivity index is 1.80. The molecule has 0 N–H and O–H groups in total. The van der Waals surface area contributed by atoms with Crippen LogP contribution >= 0.6 is 0 Å². The highest BCUT2D eigenvalue weighted by Crippen LogP contribution is 2.55. The Morgan fingerprint density at radius 3 is 2.67 bits per heavy atom. The number of fused-ring (bicyclic) bond motifs is 1. The fourth-order valence-electron chi connectivity index (χ4n) is 5.28. The number of imidazole rings is 1. The second-order valence-electron chi connectivity index (χ2n) is 7.71. The summed E-state index contributed by atoms with van der Waals surface area (Å²) in [5.41, 5.74) is -0.158. The number of carbonyl (C=O) groups excluding carboxylic acids is 1. The van der Waals surface area contributed by atoms with Crippen molar-refractivity contribution >= 4 is 15.9 Å². The number of amides is 1. The lowest BCUT2D eigenvalue weighted by atomic mass is 9.66. The molecule has 0 aromatic carbocycles. The third kappa shape index (κ3) is 2.02. The Labute approximate surface area is 142 Å². The summed E-state index contributed by atoms with van der Waals surface area (Å²) in [6, 6.07) is -0.0446. The average Bonchev–Trinajstić information content (AvgIpc) is 3.05. The summed E-state index contributed by atoms with van der Waals surface area (Å²) in [5, 5.41) is 0.109. The van der Waals surface area contributed by atoms with Gasteiger partial charge in [0.1, 0.15) is 0 Å². The summed E-state index contributed by atoms with van der Waals surface area (Å²) in [6.45, 7) is 4.25. The van der Waals surface area contributed by atoms with E-state index in [1.54, 1.807) is 29.0 Å². The van der Waals surface area contributed by atoms with Crippen LogP contribution in [0, 0.1) is 5.41 Å². The number of piperidine rings is 1. The molecule has 7 nitrogen and oxygen atoms in total. The number of carbonyl (C=O) groups is 1. The summed E-state index contributed by atoms with van der Waals surface area (Å²) in [4.78, 5) is 18.1. The minimum atomic E-state index is -3.65. The molecular formula is C16H24N4O3S. The number of nitrogens with zero attached hydrogens (tertiary/aromatic N) is 4. The summed E-state index contributed by atoms with van der Waals surface area (Å²) >= 11 is 0. The number of sulfonamides is 1. The van der Waals surface area contributed by atoms with E-state index in [9.17, 15) is 13.2 Å². The lowest BCUT2D eigenvalue weighted by molar-refractivity contribution is -0.137. The number of aryl methyl sites for hydroxylation is 1. The van der Waals surface area contributed by atoms with Gasteiger partial charge in [-0.1, -0.05) is 6.92 Å². The molecule has 132 valence electrons. The summed E-state index contributed by atoms with van der Waals surface area (Å²) in [7, 11) is -1.88. The van der Waals surface area contributed by atoms with Gasteiger partial charge >= 0.3 is 0 Å². The summed E-state index contributed by atoms with van der Waals surface area (Å²) in [6.07, 6.45) is 6.69. The zero-order chi connectivity index (χ0) is 17.3. The quantitative estimate of drug-likeness (QED) is 0.795. The Morgan fingerprint density at radius 2 is 2.04 bits per heavy atom. The maximum absolute atomic E-state index is 13.3. The fourth-order valence-corrected chi connectivity index (χ4v) is 7.19. The van der Waals surface area contributed by atoms with E-state index >= 15 is 0 Å². The predicted octanol–water partition coefficient (Wildman–Crippen LogP) is 0.973. The highest BCUT2D eigenvalue weighted by molar-refractivity contribution is 7.89. The minimum absolute atomic E-state index is 0.0439. The van der Waals surface area contributed by atoms with Crippen LogP contribution in [0.4, 0.5) is 0 Å². The Bertz CT molecular complexity index is 789. The van der Waals surface area contributed by atoms with Crippen molar-refractivity contribution < 1.29 is 13.2 Å². The highest BCUT2D eigenvalue weighted by Gasteiger charge is 2.63. The standard InChI is InChI=1S/C16H24N4O3S/c1-11(21)19-8-12-7-16(2)13(19)5-4-6-14(16)20(12)24(22,23)15-9-18(3)10-17-15/h9-10,12-14H,4-8H2,1-3H3/t12-,13+,14-,16+/m0/s1. The van der Waals surface area contributed by atoms with Gasteiger partial charge in [0.05, 0.1) is 6.33 Å². The lowest BCUT2D eigenvalue weighted by Gasteiger charge is -2.49. The van der Waals surface area contributed by atoms with Crippen LogP contribution in [-0.4, -0.2) is 57.8 Å². The van der Waals surface area contributed by atoms with Crippen molar-refractivity contribution in [3.63, 3.8) is 0 Å². The first-order chi connectivity index (χ1) is 11.2. The molecule has 8 heteroatoms. The van der Waals surface area contributed by atoms with E-state index in [2.05, 4.69) is 11.9 Å². The van der Waals surface area contributed by atoms with Gasteiger partial charge < -0.3 is 9.47 Å².